The molecule has 1 heterocycles. The maximum atomic E-state index is 13.4. The SMILES string of the molecule is C[C@@H]1CN([C@@H](C)CO)C(=O)c2cc(NS(C)(=O)=O)ccc2O[C@@H]1CN(C)C(=O)Nc1ccc(C(F)(F)F)cc1. The number of anilines is 2. The average Bonchev–Trinajstić information content (AvgIpc) is 2.84. The van der Waals surface area contributed by atoms with Gasteiger partial charge in [-0.15, -0.1) is 0 Å². The molecule has 0 bridgehead atoms. The number of nitrogens with zero attached hydrogens (tertiary/aromatic N) is 2. The van der Waals surface area contributed by atoms with Crippen molar-refractivity contribution >= 4 is 33.3 Å². The van der Waals surface area contributed by atoms with Gasteiger partial charge in [0.05, 0.1) is 36.6 Å². The summed E-state index contributed by atoms with van der Waals surface area (Å²) in [5.74, 6) is -0.601. The van der Waals surface area contributed by atoms with Crippen LogP contribution in [-0.4, -0.2) is 80.4 Å². The van der Waals surface area contributed by atoms with E-state index >= 15 is 0 Å². The van der Waals surface area contributed by atoms with Gasteiger partial charge in [0.25, 0.3) is 5.91 Å². The van der Waals surface area contributed by atoms with Gasteiger partial charge in [-0.2, -0.15) is 13.2 Å². The van der Waals surface area contributed by atoms with E-state index in [-0.39, 0.29) is 48.3 Å². The number of hydrogen-bond donors (Lipinski definition) is 3. The van der Waals surface area contributed by atoms with E-state index in [1.165, 1.54) is 35.0 Å². The molecule has 3 amide bonds. The van der Waals surface area contributed by atoms with Gasteiger partial charge >= 0.3 is 12.2 Å². The number of aliphatic hydroxyl groups is 1. The van der Waals surface area contributed by atoms with Crippen molar-refractivity contribution in [3.8, 4) is 5.75 Å². The van der Waals surface area contributed by atoms with Gasteiger partial charge in [-0.1, -0.05) is 6.92 Å². The number of halogens is 3. The van der Waals surface area contributed by atoms with Crippen molar-refractivity contribution in [2.24, 2.45) is 5.92 Å². The topological polar surface area (TPSA) is 128 Å². The molecular weight excluding hydrogens is 541 g/mol. The van der Waals surface area contributed by atoms with Crippen LogP contribution in [0, 0.1) is 5.92 Å². The third kappa shape index (κ3) is 7.76. The molecule has 214 valence electrons. The Hall–Kier alpha value is -3.52. The summed E-state index contributed by atoms with van der Waals surface area (Å²) in [5, 5.41) is 12.3. The minimum Gasteiger partial charge on any atom is -0.487 e. The van der Waals surface area contributed by atoms with E-state index < -0.39 is 45.8 Å². The van der Waals surface area contributed by atoms with E-state index in [9.17, 15) is 36.3 Å². The number of carbonyl (C=O) groups excluding carboxylic acids is 2. The Labute approximate surface area is 224 Å². The minimum atomic E-state index is -4.49. The largest absolute Gasteiger partial charge is 0.487 e. The van der Waals surface area contributed by atoms with E-state index in [1.807, 2.05) is 6.92 Å². The van der Waals surface area contributed by atoms with Crippen LogP contribution in [0.2, 0.25) is 0 Å². The number of rotatable bonds is 7. The van der Waals surface area contributed by atoms with E-state index in [0.29, 0.717) is 0 Å². The number of fused-ring (bicyclic) bond motifs is 1. The van der Waals surface area contributed by atoms with Gasteiger partial charge in [0, 0.05) is 30.9 Å². The van der Waals surface area contributed by atoms with Crippen molar-refractivity contribution < 1.29 is 41.0 Å². The molecule has 0 aromatic heterocycles. The van der Waals surface area contributed by atoms with Gasteiger partial charge in [0.2, 0.25) is 10.0 Å². The Morgan fingerprint density at radius 3 is 2.38 bits per heavy atom. The molecule has 3 rings (SSSR count). The molecule has 2 aromatic rings. The van der Waals surface area contributed by atoms with E-state index in [4.69, 9.17) is 4.74 Å². The number of urea groups is 1. The van der Waals surface area contributed by atoms with E-state index in [0.717, 1.165) is 30.5 Å². The summed E-state index contributed by atoms with van der Waals surface area (Å²) in [5.41, 5.74) is -0.424. The highest BCUT2D eigenvalue weighted by atomic mass is 32.2. The first-order valence-electron chi connectivity index (χ1n) is 12.0. The number of alkyl halides is 3. The zero-order valence-corrected chi connectivity index (χ0v) is 22.6. The fourth-order valence-electron chi connectivity index (χ4n) is 4.03. The Bertz CT molecular complexity index is 1300. The van der Waals surface area contributed by atoms with Crippen LogP contribution < -0.4 is 14.8 Å². The van der Waals surface area contributed by atoms with Gasteiger partial charge in [0.15, 0.2) is 0 Å². The maximum absolute atomic E-state index is 13.4. The standard InChI is InChI=1S/C25H31F3N4O6S/c1-15-12-32(16(2)14-33)23(34)20-11-19(30-39(4,36)37)9-10-21(20)38-22(15)13-31(3)24(35)29-18-7-5-17(6-8-18)25(26,27)28/h5-11,15-16,22,30,33H,12-14H2,1-4H3,(H,29,35)/t15-,16+,22-/m1/s1. The summed E-state index contributed by atoms with van der Waals surface area (Å²) >= 11 is 0. The highest BCUT2D eigenvalue weighted by molar-refractivity contribution is 7.92. The van der Waals surface area contributed by atoms with Crippen molar-refractivity contribution in [1.29, 1.82) is 0 Å². The first-order chi connectivity index (χ1) is 18.1. The second kappa shape index (κ2) is 11.7. The molecule has 2 aromatic carbocycles. The number of likely N-dealkylation sites (N-methyl/N-ethyl adjacent to an activating group) is 1. The molecule has 3 atom stereocenters. The highest BCUT2D eigenvalue weighted by Gasteiger charge is 2.34. The monoisotopic (exact) mass is 572 g/mol. The van der Waals surface area contributed by atoms with Crippen LogP contribution in [0.15, 0.2) is 42.5 Å². The summed E-state index contributed by atoms with van der Waals surface area (Å²) in [4.78, 5) is 29.0. The molecule has 1 aliphatic rings. The first-order valence-corrected chi connectivity index (χ1v) is 13.9. The average molecular weight is 573 g/mol. The number of ether oxygens (including phenoxy) is 1. The Morgan fingerprint density at radius 1 is 1.21 bits per heavy atom. The fraction of sp³-hybridized carbons (Fsp3) is 0.440. The lowest BCUT2D eigenvalue weighted by Gasteiger charge is -2.38. The smallest absolute Gasteiger partial charge is 0.416 e. The molecule has 1 aliphatic heterocycles. The van der Waals surface area contributed by atoms with E-state index in [1.54, 1.807) is 6.92 Å². The van der Waals surface area contributed by atoms with Crippen LogP contribution in [0.5, 0.6) is 5.75 Å². The Kier molecular flexibility index (Phi) is 9.01. The highest BCUT2D eigenvalue weighted by Crippen LogP contribution is 2.32. The number of aliphatic hydroxyl groups excluding tert-OH is 1. The maximum Gasteiger partial charge on any atom is 0.416 e. The summed E-state index contributed by atoms with van der Waals surface area (Å²) in [6.45, 7) is 3.40. The lowest BCUT2D eigenvalue weighted by molar-refractivity contribution is -0.137. The first kappa shape index (κ1) is 30.0. The zero-order chi connectivity index (χ0) is 29.1. The lowest BCUT2D eigenvalue weighted by atomic mass is 9.99. The summed E-state index contributed by atoms with van der Waals surface area (Å²) < 4.78 is 70.3. The predicted octanol–water partition coefficient (Wildman–Crippen LogP) is 3.46. The van der Waals surface area contributed by atoms with Crippen LogP contribution in [0.25, 0.3) is 0 Å². The number of carbonyl (C=O) groups is 2. The molecule has 0 spiro atoms. The summed E-state index contributed by atoms with van der Waals surface area (Å²) in [6, 6.07) is 7.15. The third-order valence-corrected chi connectivity index (χ3v) is 6.84. The van der Waals surface area contributed by atoms with Gasteiger partial charge in [0.1, 0.15) is 11.9 Å². The Balaban J connectivity index is 1.84. The quantitative estimate of drug-likeness (QED) is 0.466. The van der Waals surface area contributed by atoms with E-state index in [2.05, 4.69) is 10.0 Å². The lowest BCUT2D eigenvalue weighted by Crippen LogP contribution is -2.50. The number of sulfonamides is 1. The number of nitrogens with one attached hydrogen (secondary N) is 2. The van der Waals surface area contributed by atoms with Gasteiger partial charge in [-0.25, -0.2) is 13.2 Å². The number of amides is 3. The van der Waals surface area contributed by atoms with Crippen LogP contribution in [0.1, 0.15) is 29.8 Å². The van der Waals surface area contributed by atoms with Crippen molar-refractivity contribution in [2.45, 2.75) is 32.2 Å². The normalized spacial score (nSPS) is 18.8. The third-order valence-electron chi connectivity index (χ3n) is 6.23. The molecular formula is C25H31F3N4O6S. The molecule has 0 saturated heterocycles. The second-order valence-corrected chi connectivity index (χ2v) is 11.3. The molecule has 0 aliphatic carbocycles. The summed E-state index contributed by atoms with van der Waals surface area (Å²) in [6.07, 6.45) is -4.15. The van der Waals surface area contributed by atoms with Crippen LogP contribution in [0.4, 0.5) is 29.3 Å². The number of benzene rings is 2. The second-order valence-electron chi connectivity index (χ2n) is 9.59. The van der Waals surface area contributed by atoms with Crippen molar-refractivity contribution in [3.63, 3.8) is 0 Å². The fourth-order valence-corrected chi connectivity index (χ4v) is 4.59. The molecule has 3 N–H and O–H groups in total. The van der Waals surface area contributed by atoms with Crippen molar-refractivity contribution in [2.75, 3.05) is 43.0 Å². The van der Waals surface area contributed by atoms with Crippen LogP contribution in [-0.2, 0) is 16.2 Å². The van der Waals surface area contributed by atoms with Gasteiger partial charge < -0.3 is 25.0 Å². The molecule has 0 radical (unpaired) electrons. The molecule has 0 saturated carbocycles. The molecule has 10 nitrogen and oxygen atoms in total. The molecule has 14 heteroatoms. The van der Waals surface area contributed by atoms with Gasteiger partial charge in [-0.05, 0) is 49.4 Å². The molecule has 39 heavy (non-hydrogen) atoms. The zero-order valence-electron chi connectivity index (χ0n) is 21.8. The minimum absolute atomic E-state index is 0.0476. The molecule has 0 fully saturated rings. The Morgan fingerprint density at radius 2 is 1.82 bits per heavy atom. The predicted molar refractivity (Wildman–Crippen MR) is 139 cm³/mol. The molecule has 0 unspecified atom stereocenters. The van der Waals surface area contributed by atoms with Crippen LogP contribution in [0.3, 0.4) is 0 Å². The van der Waals surface area contributed by atoms with Gasteiger partial charge in [-0.3, -0.25) is 9.52 Å². The van der Waals surface area contributed by atoms with Crippen LogP contribution >= 0.6 is 0 Å². The van der Waals surface area contributed by atoms with Crippen molar-refractivity contribution in [1.82, 2.24) is 9.80 Å². The van der Waals surface area contributed by atoms with Crippen molar-refractivity contribution in [3.05, 3.63) is 53.6 Å². The number of hydrogen-bond acceptors (Lipinski definition) is 6. The summed E-state index contributed by atoms with van der Waals surface area (Å²) in [7, 11) is -2.12.